The van der Waals surface area contributed by atoms with Gasteiger partial charge >= 0.3 is 0 Å². The lowest BCUT2D eigenvalue weighted by Gasteiger charge is -2.16. The molecule has 14 heavy (non-hydrogen) atoms. The Bertz CT molecular complexity index is 360. The Kier molecular flexibility index (Phi) is 3.08. The summed E-state index contributed by atoms with van der Waals surface area (Å²) >= 11 is 7.16. The Morgan fingerprint density at radius 1 is 1.50 bits per heavy atom. The number of benzene rings is 1. The number of rotatable bonds is 1. The number of thioether (sulfide) groups is 1. The van der Waals surface area contributed by atoms with Crippen LogP contribution in [0.15, 0.2) is 23.1 Å². The molecule has 1 aliphatic rings. The smallest absolute Gasteiger partial charge is 0.106 e. The molecular formula is C11H13NS2. The van der Waals surface area contributed by atoms with Gasteiger partial charge in [0.05, 0.1) is 0 Å². The third-order valence-electron chi connectivity index (χ3n) is 2.40. The molecule has 2 rings (SSSR count). The molecule has 0 bridgehead atoms. The van der Waals surface area contributed by atoms with Crippen molar-refractivity contribution in [2.24, 2.45) is 0 Å². The van der Waals surface area contributed by atoms with Crippen molar-refractivity contribution in [2.45, 2.75) is 17.7 Å². The van der Waals surface area contributed by atoms with Crippen molar-refractivity contribution in [1.82, 2.24) is 5.32 Å². The fourth-order valence-corrected chi connectivity index (χ4v) is 2.79. The van der Waals surface area contributed by atoms with Crippen molar-refractivity contribution < 1.29 is 0 Å². The first kappa shape index (κ1) is 9.99. The van der Waals surface area contributed by atoms with Crippen LogP contribution < -0.4 is 5.32 Å². The van der Waals surface area contributed by atoms with E-state index in [-0.39, 0.29) is 0 Å². The molecule has 1 aromatic rings. The molecule has 1 N–H and O–H groups in total. The van der Waals surface area contributed by atoms with Gasteiger partial charge in [-0.2, -0.15) is 0 Å². The van der Waals surface area contributed by atoms with Crippen LogP contribution in [0.3, 0.4) is 0 Å². The van der Waals surface area contributed by atoms with Gasteiger partial charge in [-0.25, -0.2) is 0 Å². The van der Waals surface area contributed by atoms with E-state index in [1.165, 1.54) is 29.1 Å². The van der Waals surface area contributed by atoms with Crippen LogP contribution in [-0.2, 0) is 6.42 Å². The van der Waals surface area contributed by atoms with Gasteiger partial charge in [0.15, 0.2) is 0 Å². The van der Waals surface area contributed by atoms with E-state index in [2.05, 4.69) is 23.5 Å². The van der Waals surface area contributed by atoms with E-state index in [0.717, 1.165) is 10.6 Å². The van der Waals surface area contributed by atoms with Crippen LogP contribution in [0.25, 0.3) is 0 Å². The van der Waals surface area contributed by atoms with E-state index in [0.29, 0.717) is 0 Å². The maximum atomic E-state index is 5.21. The number of hydrogen-bond acceptors (Lipinski definition) is 2. The molecule has 3 heteroatoms. The first-order valence-electron chi connectivity index (χ1n) is 4.79. The summed E-state index contributed by atoms with van der Waals surface area (Å²) in [4.78, 5) is 2.27. The summed E-state index contributed by atoms with van der Waals surface area (Å²) < 4.78 is 0. The number of nitrogens with one attached hydrogen (secondary N) is 1. The van der Waals surface area contributed by atoms with Gasteiger partial charge in [0.1, 0.15) is 4.99 Å². The zero-order chi connectivity index (χ0) is 9.97. The summed E-state index contributed by atoms with van der Waals surface area (Å²) in [5, 5.41) is 3.01. The fourth-order valence-electron chi connectivity index (χ4n) is 1.65. The van der Waals surface area contributed by atoms with Crippen molar-refractivity contribution >= 4 is 29.0 Å². The van der Waals surface area contributed by atoms with Crippen LogP contribution in [0.4, 0.5) is 0 Å². The van der Waals surface area contributed by atoms with Gasteiger partial charge in [0, 0.05) is 17.5 Å². The van der Waals surface area contributed by atoms with Gasteiger partial charge in [-0.1, -0.05) is 18.3 Å². The highest BCUT2D eigenvalue weighted by atomic mass is 32.2. The van der Waals surface area contributed by atoms with Crippen LogP contribution in [0.1, 0.15) is 17.5 Å². The summed E-state index contributed by atoms with van der Waals surface area (Å²) in [5.41, 5.74) is 2.60. The minimum absolute atomic E-state index is 0.836. The monoisotopic (exact) mass is 223 g/mol. The molecule has 0 radical (unpaired) electrons. The van der Waals surface area contributed by atoms with Crippen LogP contribution in [0.5, 0.6) is 0 Å². The second kappa shape index (κ2) is 4.32. The van der Waals surface area contributed by atoms with Crippen LogP contribution in [0.2, 0.25) is 0 Å². The predicted octanol–water partition coefficient (Wildman–Crippen LogP) is 2.62. The average molecular weight is 223 g/mol. The molecule has 0 fully saturated rings. The molecule has 0 saturated carbocycles. The SMILES string of the molecule is CNC(=S)c1ccc2c(c1)CCCS2. The van der Waals surface area contributed by atoms with E-state index < -0.39 is 0 Å². The molecule has 1 nitrogen and oxygen atoms in total. The van der Waals surface area contributed by atoms with Gasteiger partial charge in [-0.15, -0.1) is 11.8 Å². The zero-order valence-electron chi connectivity index (χ0n) is 8.17. The Morgan fingerprint density at radius 2 is 2.36 bits per heavy atom. The van der Waals surface area contributed by atoms with Gasteiger partial charge < -0.3 is 5.32 Å². The molecular weight excluding hydrogens is 210 g/mol. The molecule has 0 unspecified atom stereocenters. The summed E-state index contributed by atoms with van der Waals surface area (Å²) in [5.74, 6) is 1.25. The van der Waals surface area contributed by atoms with Gasteiger partial charge in [-0.3, -0.25) is 0 Å². The topological polar surface area (TPSA) is 12.0 Å². The molecule has 0 aliphatic carbocycles. The highest BCUT2D eigenvalue weighted by Gasteiger charge is 2.10. The average Bonchev–Trinajstić information content (AvgIpc) is 2.27. The summed E-state index contributed by atoms with van der Waals surface area (Å²) in [6.45, 7) is 0. The first-order valence-corrected chi connectivity index (χ1v) is 6.18. The minimum Gasteiger partial charge on any atom is -0.379 e. The van der Waals surface area contributed by atoms with E-state index in [4.69, 9.17) is 12.2 Å². The summed E-state index contributed by atoms with van der Waals surface area (Å²) in [6.07, 6.45) is 2.48. The number of hydrogen-bond donors (Lipinski definition) is 1. The van der Waals surface area contributed by atoms with Crippen LogP contribution in [0, 0.1) is 0 Å². The maximum absolute atomic E-state index is 5.21. The normalized spacial score (nSPS) is 14.6. The molecule has 0 aromatic heterocycles. The number of fused-ring (bicyclic) bond motifs is 1. The second-order valence-corrected chi connectivity index (χ2v) is 4.90. The molecule has 74 valence electrons. The molecule has 0 spiro atoms. The molecule has 0 saturated heterocycles. The highest BCUT2D eigenvalue weighted by Crippen LogP contribution is 2.30. The number of aryl methyl sites for hydroxylation is 1. The van der Waals surface area contributed by atoms with E-state index in [1.54, 1.807) is 0 Å². The largest absolute Gasteiger partial charge is 0.379 e. The Labute approximate surface area is 94.3 Å². The molecule has 1 aromatic carbocycles. The minimum atomic E-state index is 0.836. The summed E-state index contributed by atoms with van der Waals surface area (Å²) in [7, 11) is 1.87. The second-order valence-electron chi connectivity index (χ2n) is 3.35. The summed E-state index contributed by atoms with van der Waals surface area (Å²) in [6, 6.07) is 6.52. The maximum Gasteiger partial charge on any atom is 0.106 e. The Hall–Kier alpha value is -0.540. The van der Waals surface area contributed by atoms with Gasteiger partial charge in [0.2, 0.25) is 0 Å². The van der Waals surface area contributed by atoms with E-state index >= 15 is 0 Å². The quantitative estimate of drug-likeness (QED) is 0.735. The van der Waals surface area contributed by atoms with Crippen molar-refractivity contribution in [3.63, 3.8) is 0 Å². The predicted molar refractivity (Wildman–Crippen MR) is 66.2 cm³/mol. The third kappa shape index (κ3) is 1.93. The van der Waals surface area contributed by atoms with Crippen molar-refractivity contribution in [3.8, 4) is 0 Å². The zero-order valence-corrected chi connectivity index (χ0v) is 9.80. The van der Waals surface area contributed by atoms with E-state index in [1.807, 2.05) is 18.8 Å². The molecule has 0 amide bonds. The lowest BCUT2D eigenvalue weighted by atomic mass is 10.1. The standard InChI is InChI=1S/C11H13NS2/c1-12-11(13)9-4-5-10-8(7-9)3-2-6-14-10/h4-5,7H,2-3,6H2,1H3,(H,12,13). The molecule has 0 atom stereocenters. The fraction of sp³-hybridized carbons (Fsp3) is 0.364. The Morgan fingerprint density at radius 3 is 3.14 bits per heavy atom. The Balaban J connectivity index is 2.33. The molecule has 1 aliphatic heterocycles. The molecule has 1 heterocycles. The van der Waals surface area contributed by atoms with E-state index in [9.17, 15) is 0 Å². The lowest BCUT2D eigenvalue weighted by Crippen LogP contribution is -2.16. The first-order chi connectivity index (χ1) is 6.81. The third-order valence-corrected chi connectivity index (χ3v) is 4.04. The van der Waals surface area contributed by atoms with Crippen LogP contribution >= 0.6 is 24.0 Å². The van der Waals surface area contributed by atoms with Crippen molar-refractivity contribution in [3.05, 3.63) is 29.3 Å². The van der Waals surface area contributed by atoms with Gasteiger partial charge in [0.25, 0.3) is 0 Å². The number of thiocarbonyl (C=S) groups is 1. The van der Waals surface area contributed by atoms with Crippen LogP contribution in [-0.4, -0.2) is 17.8 Å². The van der Waals surface area contributed by atoms with Crippen molar-refractivity contribution in [1.29, 1.82) is 0 Å². The lowest BCUT2D eigenvalue weighted by molar-refractivity contribution is 0.889. The van der Waals surface area contributed by atoms with Crippen molar-refractivity contribution in [2.75, 3.05) is 12.8 Å². The highest BCUT2D eigenvalue weighted by molar-refractivity contribution is 7.99. The van der Waals surface area contributed by atoms with Gasteiger partial charge in [-0.05, 0) is 36.3 Å².